The fourth-order valence-electron chi connectivity index (χ4n) is 2.99. The van der Waals surface area contributed by atoms with Gasteiger partial charge in [-0.1, -0.05) is 0 Å². The van der Waals surface area contributed by atoms with Crippen LogP contribution in [0.25, 0.3) is 0 Å². The number of cyclic esters (lactones) is 1. The maximum Gasteiger partial charge on any atom is 0.344 e. The molecule has 0 aliphatic carbocycles. The van der Waals surface area contributed by atoms with Gasteiger partial charge < -0.3 is 29.0 Å². The van der Waals surface area contributed by atoms with Crippen LogP contribution in [0.4, 0.5) is 5.69 Å². The Morgan fingerprint density at radius 2 is 1.84 bits per heavy atom. The van der Waals surface area contributed by atoms with Gasteiger partial charge in [-0.05, 0) is 24.3 Å². The number of methoxy groups -OCH3 is 2. The first kappa shape index (κ1) is 15.4. The van der Waals surface area contributed by atoms with Crippen molar-refractivity contribution in [2.24, 2.45) is 0 Å². The first-order valence-corrected chi connectivity index (χ1v) is 7.83. The van der Waals surface area contributed by atoms with E-state index in [4.69, 9.17) is 23.7 Å². The minimum Gasteiger partial charge on any atom is -0.493 e. The molecular formula is C18H17NO6. The second kappa shape index (κ2) is 6.08. The molecule has 2 aliphatic heterocycles. The highest BCUT2D eigenvalue weighted by Gasteiger charge is 2.36. The molecule has 0 saturated heterocycles. The van der Waals surface area contributed by atoms with E-state index in [2.05, 4.69) is 5.32 Å². The Labute approximate surface area is 144 Å². The van der Waals surface area contributed by atoms with E-state index in [1.807, 2.05) is 18.2 Å². The lowest BCUT2D eigenvalue weighted by Gasteiger charge is -2.20. The number of hydrogen-bond acceptors (Lipinski definition) is 7. The van der Waals surface area contributed by atoms with E-state index in [1.54, 1.807) is 12.1 Å². The Morgan fingerprint density at radius 1 is 1.04 bits per heavy atom. The normalized spacial score (nSPS) is 17.5. The zero-order valence-corrected chi connectivity index (χ0v) is 13.8. The molecule has 7 heteroatoms. The van der Waals surface area contributed by atoms with Gasteiger partial charge in [-0.2, -0.15) is 0 Å². The molecule has 0 bridgehead atoms. The number of benzene rings is 2. The summed E-state index contributed by atoms with van der Waals surface area (Å²) in [6, 6.07) is 9.03. The molecule has 0 spiro atoms. The van der Waals surface area contributed by atoms with Crippen LogP contribution in [0.5, 0.6) is 23.0 Å². The second-order valence-corrected chi connectivity index (χ2v) is 5.55. The van der Waals surface area contributed by atoms with Gasteiger partial charge in [-0.3, -0.25) is 0 Å². The van der Waals surface area contributed by atoms with E-state index < -0.39 is 12.2 Å². The molecule has 1 N–H and O–H groups in total. The summed E-state index contributed by atoms with van der Waals surface area (Å²) in [6.07, 6.45) is -0.620. The number of hydrogen-bond donors (Lipinski definition) is 1. The third-order valence-electron chi connectivity index (χ3n) is 4.13. The van der Waals surface area contributed by atoms with Crippen LogP contribution in [-0.4, -0.2) is 33.4 Å². The van der Waals surface area contributed by atoms with Crippen molar-refractivity contribution >= 4 is 11.7 Å². The number of anilines is 1. The Morgan fingerprint density at radius 3 is 2.60 bits per heavy atom. The summed E-state index contributed by atoms with van der Waals surface area (Å²) in [6.45, 7) is 1.05. The van der Waals surface area contributed by atoms with Gasteiger partial charge in [0.15, 0.2) is 23.0 Å². The lowest BCUT2D eigenvalue weighted by atomic mass is 10.1. The van der Waals surface area contributed by atoms with E-state index in [0.29, 0.717) is 47.3 Å². The van der Waals surface area contributed by atoms with Crippen LogP contribution in [-0.2, 0) is 4.74 Å². The van der Waals surface area contributed by atoms with Gasteiger partial charge in [-0.25, -0.2) is 4.79 Å². The zero-order chi connectivity index (χ0) is 17.4. The smallest absolute Gasteiger partial charge is 0.344 e. The largest absolute Gasteiger partial charge is 0.493 e. The average molecular weight is 343 g/mol. The summed E-state index contributed by atoms with van der Waals surface area (Å²) in [5.41, 5.74) is 1.82. The van der Waals surface area contributed by atoms with Crippen LogP contribution in [0.1, 0.15) is 22.1 Å². The van der Waals surface area contributed by atoms with Crippen LogP contribution in [0, 0.1) is 0 Å². The number of carbonyl (C=O) groups is 1. The molecule has 1 atom stereocenters. The van der Waals surface area contributed by atoms with Crippen molar-refractivity contribution in [3.63, 3.8) is 0 Å². The third kappa shape index (κ3) is 2.57. The van der Waals surface area contributed by atoms with Crippen molar-refractivity contribution in [2.45, 2.75) is 6.23 Å². The highest BCUT2D eigenvalue weighted by molar-refractivity contribution is 5.98. The number of carbonyl (C=O) groups excluding carboxylic acids is 1. The van der Waals surface area contributed by atoms with Crippen molar-refractivity contribution in [2.75, 3.05) is 32.8 Å². The van der Waals surface area contributed by atoms with Gasteiger partial charge in [0.1, 0.15) is 18.8 Å². The molecule has 130 valence electrons. The molecule has 2 aliphatic rings. The molecular weight excluding hydrogens is 326 g/mol. The van der Waals surface area contributed by atoms with Crippen LogP contribution in [0.2, 0.25) is 0 Å². The fraction of sp³-hybridized carbons (Fsp3) is 0.278. The summed E-state index contributed by atoms with van der Waals surface area (Å²) in [5, 5.41) is 3.19. The number of esters is 1. The minimum absolute atomic E-state index is 0.372. The fourth-order valence-corrected chi connectivity index (χ4v) is 2.99. The molecule has 2 aromatic carbocycles. The molecule has 25 heavy (non-hydrogen) atoms. The predicted octanol–water partition coefficient (Wildman–Crippen LogP) is 2.76. The first-order valence-electron chi connectivity index (χ1n) is 7.83. The van der Waals surface area contributed by atoms with Gasteiger partial charge >= 0.3 is 5.97 Å². The summed E-state index contributed by atoms with van der Waals surface area (Å²) < 4.78 is 27.1. The average Bonchev–Trinajstić information content (AvgIpc) is 2.96. The molecule has 4 rings (SSSR count). The Kier molecular flexibility index (Phi) is 3.76. The van der Waals surface area contributed by atoms with Crippen molar-refractivity contribution in [1.82, 2.24) is 0 Å². The van der Waals surface area contributed by atoms with Crippen molar-refractivity contribution in [3.8, 4) is 23.0 Å². The number of rotatable bonds is 4. The lowest BCUT2D eigenvalue weighted by Crippen LogP contribution is -2.16. The maximum atomic E-state index is 12.3. The quantitative estimate of drug-likeness (QED) is 0.856. The van der Waals surface area contributed by atoms with Crippen molar-refractivity contribution in [3.05, 3.63) is 41.5 Å². The predicted molar refractivity (Wildman–Crippen MR) is 88.8 cm³/mol. The van der Waals surface area contributed by atoms with E-state index in [1.165, 1.54) is 14.2 Å². The molecule has 0 radical (unpaired) electrons. The Hall–Kier alpha value is -3.09. The number of fused-ring (bicyclic) bond motifs is 2. The van der Waals surface area contributed by atoms with Gasteiger partial charge in [0, 0.05) is 17.3 Å². The molecule has 0 unspecified atom stereocenters. The maximum absolute atomic E-state index is 12.3. The molecule has 2 heterocycles. The summed E-state index contributed by atoms with van der Waals surface area (Å²) in [7, 11) is 3.02. The molecule has 2 aromatic rings. The summed E-state index contributed by atoms with van der Waals surface area (Å²) in [4.78, 5) is 12.3. The first-order chi connectivity index (χ1) is 12.2. The molecule has 0 fully saturated rings. The van der Waals surface area contributed by atoms with Gasteiger partial charge in [-0.15, -0.1) is 0 Å². The van der Waals surface area contributed by atoms with Crippen LogP contribution in [0.15, 0.2) is 30.3 Å². The highest BCUT2D eigenvalue weighted by atomic mass is 16.6. The Balaban J connectivity index is 1.65. The topological polar surface area (TPSA) is 75.3 Å². The third-order valence-corrected chi connectivity index (χ3v) is 4.13. The van der Waals surface area contributed by atoms with E-state index >= 15 is 0 Å². The van der Waals surface area contributed by atoms with Gasteiger partial charge in [0.05, 0.1) is 14.2 Å². The van der Waals surface area contributed by atoms with E-state index in [9.17, 15) is 4.79 Å². The monoisotopic (exact) mass is 343 g/mol. The molecule has 0 aromatic heterocycles. The molecule has 0 amide bonds. The van der Waals surface area contributed by atoms with Gasteiger partial charge in [0.25, 0.3) is 0 Å². The highest BCUT2D eigenvalue weighted by Crippen LogP contribution is 2.42. The summed E-state index contributed by atoms with van der Waals surface area (Å²) in [5.74, 6) is 1.76. The molecule has 7 nitrogen and oxygen atoms in total. The van der Waals surface area contributed by atoms with Crippen LogP contribution >= 0.6 is 0 Å². The number of ether oxygens (including phenoxy) is 5. The Bertz CT molecular complexity index is 835. The standard InChI is InChI=1S/C18H17NO6/c1-21-13-6-4-11-15(16(13)22-2)18(20)25-17(11)19-10-3-5-12-14(9-10)24-8-7-23-12/h3-6,9,17,19H,7-8H2,1-2H3/t17-/m0/s1. The SMILES string of the molecule is COc1ccc2c(c1OC)C(=O)O[C@@H]2Nc1ccc2c(c1)OCCO2. The number of nitrogens with one attached hydrogen (secondary N) is 1. The van der Waals surface area contributed by atoms with Crippen molar-refractivity contribution < 1.29 is 28.5 Å². The second-order valence-electron chi connectivity index (χ2n) is 5.55. The van der Waals surface area contributed by atoms with E-state index in [-0.39, 0.29) is 0 Å². The van der Waals surface area contributed by atoms with Crippen LogP contribution < -0.4 is 24.3 Å². The lowest BCUT2D eigenvalue weighted by molar-refractivity contribution is 0.0435. The zero-order valence-electron chi connectivity index (χ0n) is 13.8. The molecule has 0 saturated carbocycles. The van der Waals surface area contributed by atoms with Crippen LogP contribution in [0.3, 0.4) is 0 Å². The van der Waals surface area contributed by atoms with E-state index in [0.717, 1.165) is 5.69 Å². The van der Waals surface area contributed by atoms with Crippen molar-refractivity contribution in [1.29, 1.82) is 0 Å². The van der Waals surface area contributed by atoms with Gasteiger partial charge in [0.2, 0.25) is 6.23 Å². The minimum atomic E-state index is -0.620. The summed E-state index contributed by atoms with van der Waals surface area (Å²) >= 11 is 0.